The quantitative estimate of drug-likeness (QED) is 0.590. The van der Waals surface area contributed by atoms with Crippen LogP contribution in [-0.4, -0.2) is 44.7 Å². The van der Waals surface area contributed by atoms with Crippen LogP contribution in [0.15, 0.2) is 35.7 Å². The summed E-state index contributed by atoms with van der Waals surface area (Å²) in [6.45, 7) is 0. The first-order valence-corrected chi connectivity index (χ1v) is 10.4. The zero-order valence-corrected chi connectivity index (χ0v) is 18.6. The third-order valence-corrected chi connectivity index (χ3v) is 5.28. The monoisotopic (exact) mass is 473 g/mol. The molecule has 0 aliphatic rings. The molecule has 0 aliphatic carbocycles. The molecular formula is C21H22F3NO6S. The number of amides is 1. The van der Waals surface area contributed by atoms with Crippen molar-refractivity contribution in [3.8, 4) is 23.0 Å². The van der Waals surface area contributed by atoms with E-state index in [1.165, 1.54) is 46.0 Å². The normalized spacial score (nSPS) is 12.3. The van der Waals surface area contributed by atoms with Crippen molar-refractivity contribution < 1.29 is 41.1 Å². The summed E-state index contributed by atoms with van der Waals surface area (Å²) >= 11 is 0. The number of methoxy groups -OCH3 is 4. The molecule has 11 heteroatoms. The predicted octanol–water partition coefficient (Wildman–Crippen LogP) is 4.14. The Balaban J connectivity index is 2.24. The number of hydrogen-bond acceptors (Lipinski definition) is 6. The number of rotatable bonds is 9. The van der Waals surface area contributed by atoms with Gasteiger partial charge in [0, 0.05) is 17.5 Å². The van der Waals surface area contributed by atoms with Crippen LogP contribution in [0.2, 0.25) is 0 Å². The summed E-state index contributed by atoms with van der Waals surface area (Å²) in [6, 6.07) is 7.50. The minimum atomic E-state index is -5.05. The van der Waals surface area contributed by atoms with Crippen LogP contribution in [0.1, 0.15) is 11.1 Å². The molecule has 0 saturated carbocycles. The average molecular weight is 473 g/mol. The zero-order valence-electron chi connectivity index (χ0n) is 17.7. The molecule has 1 N–H and O–H groups in total. The highest BCUT2D eigenvalue weighted by Gasteiger charge is 2.39. The van der Waals surface area contributed by atoms with Crippen LogP contribution >= 0.6 is 0 Å². The van der Waals surface area contributed by atoms with E-state index in [-0.39, 0.29) is 17.2 Å². The van der Waals surface area contributed by atoms with Crippen LogP contribution in [0.4, 0.5) is 18.9 Å². The smallest absolute Gasteiger partial charge is 0.471 e. The van der Waals surface area contributed by atoms with Crippen LogP contribution in [0, 0.1) is 0 Å². The van der Waals surface area contributed by atoms with Crippen molar-refractivity contribution >= 4 is 28.5 Å². The summed E-state index contributed by atoms with van der Waals surface area (Å²) in [5.41, 5.74) is 0.795. The summed E-state index contributed by atoms with van der Waals surface area (Å²) in [5, 5.41) is 3.17. The maximum atomic E-state index is 12.6. The highest BCUT2D eigenvalue weighted by Crippen LogP contribution is 2.35. The van der Waals surface area contributed by atoms with E-state index in [0.29, 0.717) is 28.4 Å². The second-order valence-corrected chi connectivity index (χ2v) is 7.58. The average Bonchev–Trinajstić information content (AvgIpc) is 2.76. The van der Waals surface area contributed by atoms with E-state index in [1.54, 1.807) is 29.6 Å². The van der Waals surface area contributed by atoms with Crippen molar-refractivity contribution in [1.29, 1.82) is 0 Å². The summed E-state index contributed by atoms with van der Waals surface area (Å²) < 4.78 is 71.1. The van der Waals surface area contributed by atoms with Gasteiger partial charge in [-0.25, -0.2) is 0 Å². The summed E-state index contributed by atoms with van der Waals surface area (Å²) in [7, 11) is 4.15. The van der Waals surface area contributed by atoms with Gasteiger partial charge in [0.25, 0.3) is 0 Å². The van der Waals surface area contributed by atoms with Crippen molar-refractivity contribution in [2.75, 3.05) is 33.8 Å². The first kappa shape index (κ1) is 25.1. The fourth-order valence-corrected chi connectivity index (χ4v) is 3.58. The number of anilines is 1. The van der Waals surface area contributed by atoms with Gasteiger partial charge in [-0.2, -0.15) is 13.2 Å². The molecule has 32 heavy (non-hydrogen) atoms. The molecule has 1 atom stereocenters. The van der Waals surface area contributed by atoms with Gasteiger partial charge in [-0.1, -0.05) is 6.07 Å². The van der Waals surface area contributed by atoms with Crippen molar-refractivity contribution in [3.63, 3.8) is 0 Å². The molecule has 174 valence electrons. The van der Waals surface area contributed by atoms with E-state index in [2.05, 4.69) is 0 Å². The molecule has 0 saturated heterocycles. The standard InChI is InChI=1S/C21H22F3NO6S/c1-28-14-10-18(30-3)15(19(11-14)31-4)7-8-32(27)12-13-5-6-17(29-2)16(9-13)25-20(26)21(22,23)24/h5-11H,12H2,1-4H3,(H,25,26). The van der Waals surface area contributed by atoms with Gasteiger partial charge in [-0.3, -0.25) is 9.00 Å². The van der Waals surface area contributed by atoms with E-state index in [4.69, 9.17) is 18.9 Å². The van der Waals surface area contributed by atoms with Gasteiger partial charge in [0.2, 0.25) is 0 Å². The molecule has 2 aromatic carbocycles. The van der Waals surface area contributed by atoms with Gasteiger partial charge in [0.05, 0.1) is 56.2 Å². The van der Waals surface area contributed by atoms with Gasteiger partial charge in [-0.05, 0) is 23.8 Å². The molecule has 0 radical (unpaired) electrons. The lowest BCUT2D eigenvalue weighted by Gasteiger charge is -2.13. The minimum Gasteiger partial charge on any atom is -0.496 e. The van der Waals surface area contributed by atoms with E-state index in [9.17, 15) is 22.2 Å². The third kappa shape index (κ3) is 6.39. The number of carbonyl (C=O) groups excluding carboxylic acids is 1. The van der Waals surface area contributed by atoms with Crippen molar-refractivity contribution in [2.24, 2.45) is 0 Å². The SMILES string of the molecule is COc1cc(OC)c(C=CS(=O)Cc2ccc(OC)c(NC(=O)C(F)(F)F)c2)c(OC)c1. The number of halogens is 3. The molecule has 0 fully saturated rings. The first-order chi connectivity index (χ1) is 15.1. The van der Waals surface area contributed by atoms with Gasteiger partial charge >= 0.3 is 12.1 Å². The van der Waals surface area contributed by atoms with E-state index in [1.807, 2.05) is 0 Å². The van der Waals surface area contributed by atoms with Gasteiger partial charge in [-0.15, -0.1) is 0 Å². The maximum absolute atomic E-state index is 12.6. The third-order valence-electron chi connectivity index (χ3n) is 4.22. The lowest BCUT2D eigenvalue weighted by molar-refractivity contribution is -0.167. The lowest BCUT2D eigenvalue weighted by Crippen LogP contribution is -2.30. The largest absolute Gasteiger partial charge is 0.496 e. The molecule has 1 unspecified atom stereocenters. The van der Waals surface area contributed by atoms with Crippen molar-refractivity contribution in [2.45, 2.75) is 11.9 Å². The van der Waals surface area contributed by atoms with Gasteiger partial charge < -0.3 is 24.3 Å². The Morgan fingerprint density at radius 3 is 2.06 bits per heavy atom. The Kier molecular flexibility index (Phi) is 8.53. The summed E-state index contributed by atoms with van der Waals surface area (Å²) in [5.74, 6) is -0.709. The number of hydrogen-bond donors (Lipinski definition) is 1. The highest BCUT2D eigenvalue weighted by molar-refractivity contribution is 7.87. The van der Waals surface area contributed by atoms with Crippen LogP contribution in [0.25, 0.3) is 6.08 Å². The number of carbonyl (C=O) groups is 1. The summed E-state index contributed by atoms with van der Waals surface area (Å²) in [4.78, 5) is 11.3. The molecule has 7 nitrogen and oxygen atoms in total. The maximum Gasteiger partial charge on any atom is 0.471 e. The van der Waals surface area contributed by atoms with Crippen LogP contribution in [0.3, 0.4) is 0 Å². The Morgan fingerprint density at radius 2 is 1.56 bits per heavy atom. The second-order valence-electron chi connectivity index (χ2n) is 6.26. The van der Waals surface area contributed by atoms with E-state index in [0.717, 1.165) is 0 Å². The fraction of sp³-hybridized carbons (Fsp3) is 0.286. The van der Waals surface area contributed by atoms with Gasteiger partial charge in [0.1, 0.15) is 23.0 Å². The fourth-order valence-electron chi connectivity index (χ4n) is 2.69. The van der Waals surface area contributed by atoms with Gasteiger partial charge in [0.15, 0.2) is 0 Å². The molecule has 1 amide bonds. The highest BCUT2D eigenvalue weighted by atomic mass is 32.2. The Hall–Kier alpha value is -3.21. The molecule has 2 rings (SSSR count). The Bertz CT molecular complexity index is 998. The zero-order chi connectivity index (χ0) is 23.9. The Morgan fingerprint density at radius 1 is 0.969 bits per heavy atom. The molecule has 0 spiro atoms. The van der Waals surface area contributed by atoms with Crippen LogP contribution in [0.5, 0.6) is 23.0 Å². The Labute approximate surface area is 185 Å². The molecule has 0 aromatic heterocycles. The van der Waals surface area contributed by atoms with Crippen LogP contribution < -0.4 is 24.3 Å². The lowest BCUT2D eigenvalue weighted by atomic mass is 10.1. The van der Waals surface area contributed by atoms with E-state index < -0.39 is 22.9 Å². The number of ether oxygens (including phenoxy) is 4. The van der Waals surface area contributed by atoms with Crippen molar-refractivity contribution in [3.05, 3.63) is 46.9 Å². The number of benzene rings is 2. The molecular weight excluding hydrogens is 451 g/mol. The molecule has 0 bridgehead atoms. The number of alkyl halides is 3. The predicted molar refractivity (Wildman–Crippen MR) is 115 cm³/mol. The topological polar surface area (TPSA) is 83.1 Å². The number of nitrogens with one attached hydrogen (secondary N) is 1. The first-order valence-electron chi connectivity index (χ1n) is 9.03. The summed E-state index contributed by atoms with van der Waals surface area (Å²) in [6.07, 6.45) is -3.49. The molecule has 0 heterocycles. The van der Waals surface area contributed by atoms with Crippen LogP contribution in [-0.2, 0) is 21.3 Å². The molecule has 2 aromatic rings. The molecule has 0 aliphatic heterocycles. The van der Waals surface area contributed by atoms with E-state index >= 15 is 0 Å². The second kappa shape index (κ2) is 10.9. The van der Waals surface area contributed by atoms with Crippen molar-refractivity contribution in [1.82, 2.24) is 0 Å². The minimum absolute atomic E-state index is 0.0177.